The number of amides is 1. The molecular formula is C16H18N3O5. The predicted octanol–water partition coefficient (Wildman–Crippen LogP) is 0.429. The monoisotopic (exact) mass is 332 g/mol. The molecule has 0 spiro atoms. The Morgan fingerprint density at radius 2 is 1.92 bits per heavy atom. The van der Waals surface area contributed by atoms with Gasteiger partial charge < -0.3 is 21.3 Å². The number of carbonyl (C=O) groups is 3. The minimum Gasteiger partial charge on any atom is -0.481 e. The van der Waals surface area contributed by atoms with Gasteiger partial charge in [-0.15, -0.1) is 0 Å². The first kappa shape index (κ1) is 17.5. The van der Waals surface area contributed by atoms with Crippen LogP contribution in [0.25, 0.3) is 5.57 Å². The number of hydrogen-bond donors (Lipinski definition) is 4. The minimum absolute atomic E-state index is 0.0611. The molecule has 2 atom stereocenters. The lowest BCUT2D eigenvalue weighted by Crippen LogP contribution is -2.48. The fraction of sp³-hybridized carbons (Fsp3) is 0.312. The predicted molar refractivity (Wildman–Crippen MR) is 85.2 cm³/mol. The van der Waals surface area contributed by atoms with Crippen LogP contribution in [0.15, 0.2) is 30.5 Å². The first-order chi connectivity index (χ1) is 11.4. The molecule has 0 unspecified atom stereocenters. The van der Waals surface area contributed by atoms with Crippen LogP contribution in [0.4, 0.5) is 5.69 Å². The number of para-hydroxylation sites is 1. The highest BCUT2D eigenvalue weighted by atomic mass is 16.4. The summed E-state index contributed by atoms with van der Waals surface area (Å²) in [5.74, 6) is -2.95. The lowest BCUT2D eigenvalue weighted by atomic mass is 9.99. The number of fused-ring (bicyclic) bond motifs is 1. The molecule has 1 aliphatic heterocycles. The molecule has 0 fully saturated rings. The topological polar surface area (TPSA) is 144 Å². The van der Waals surface area contributed by atoms with Crippen LogP contribution >= 0.6 is 0 Å². The van der Waals surface area contributed by atoms with Crippen molar-refractivity contribution >= 4 is 29.1 Å². The fourth-order valence-electron chi connectivity index (χ4n) is 2.35. The summed E-state index contributed by atoms with van der Waals surface area (Å²) in [5.41, 5.74) is 7.88. The normalized spacial score (nSPS) is 14.8. The zero-order valence-corrected chi connectivity index (χ0v) is 12.8. The van der Waals surface area contributed by atoms with Gasteiger partial charge in [-0.2, -0.15) is 0 Å². The van der Waals surface area contributed by atoms with E-state index >= 15 is 0 Å². The standard InChI is InChI=1S/C16H18N3O5/c17-11(5-6-14(20)21)15(22)19-13(16(23)24)7-9-8-18-12-4-2-1-3-10(9)12/h1-4,8,11,13H,5-7,17H2,(H,19,22)(H,20,21)(H,23,24)/t11-,13-/m0/s1. The summed E-state index contributed by atoms with van der Waals surface area (Å²) in [6.45, 7) is 0. The molecule has 1 radical (unpaired) electrons. The van der Waals surface area contributed by atoms with E-state index in [1.807, 2.05) is 24.3 Å². The largest absolute Gasteiger partial charge is 0.481 e. The van der Waals surface area contributed by atoms with E-state index in [4.69, 9.17) is 10.8 Å². The van der Waals surface area contributed by atoms with Gasteiger partial charge in [0.2, 0.25) is 5.91 Å². The van der Waals surface area contributed by atoms with Gasteiger partial charge in [-0.25, -0.2) is 4.79 Å². The van der Waals surface area contributed by atoms with Crippen molar-refractivity contribution in [2.75, 3.05) is 0 Å². The maximum atomic E-state index is 12.0. The summed E-state index contributed by atoms with van der Waals surface area (Å²) in [6, 6.07) is 5.06. The molecule has 8 nitrogen and oxygen atoms in total. The van der Waals surface area contributed by atoms with Crippen molar-refractivity contribution in [3.8, 4) is 0 Å². The van der Waals surface area contributed by atoms with Gasteiger partial charge in [0, 0.05) is 24.6 Å². The number of carboxylic acids is 2. The van der Waals surface area contributed by atoms with E-state index in [9.17, 15) is 19.5 Å². The van der Waals surface area contributed by atoms with Gasteiger partial charge in [-0.3, -0.25) is 14.9 Å². The molecule has 5 N–H and O–H groups in total. The Kier molecular flexibility index (Phi) is 5.54. The fourth-order valence-corrected chi connectivity index (χ4v) is 2.35. The van der Waals surface area contributed by atoms with Crippen LogP contribution < -0.4 is 16.4 Å². The molecule has 127 valence electrons. The number of nitrogens with one attached hydrogen (secondary N) is 1. The Morgan fingerprint density at radius 3 is 2.58 bits per heavy atom. The van der Waals surface area contributed by atoms with Crippen LogP contribution in [0.5, 0.6) is 0 Å². The Balaban J connectivity index is 1.99. The Labute approximate surface area is 138 Å². The van der Waals surface area contributed by atoms with E-state index in [-0.39, 0.29) is 19.3 Å². The van der Waals surface area contributed by atoms with Crippen LogP contribution in [0.2, 0.25) is 0 Å². The SMILES string of the molecule is N[C@@H](CCC(=O)O)C(=O)N[C@@H](CC1=C[N]c2ccccc21)C(=O)O. The molecule has 0 saturated carbocycles. The third kappa shape index (κ3) is 4.32. The number of benzene rings is 1. The van der Waals surface area contributed by atoms with Gasteiger partial charge in [0.15, 0.2) is 0 Å². The van der Waals surface area contributed by atoms with Crippen molar-refractivity contribution in [3.05, 3.63) is 36.0 Å². The van der Waals surface area contributed by atoms with Crippen LogP contribution in [0, 0.1) is 0 Å². The van der Waals surface area contributed by atoms with Crippen molar-refractivity contribution < 1.29 is 24.6 Å². The second kappa shape index (κ2) is 7.60. The summed E-state index contributed by atoms with van der Waals surface area (Å²) in [7, 11) is 0. The maximum absolute atomic E-state index is 12.0. The summed E-state index contributed by atoms with van der Waals surface area (Å²) >= 11 is 0. The zero-order chi connectivity index (χ0) is 17.7. The lowest BCUT2D eigenvalue weighted by Gasteiger charge is -2.18. The molecule has 0 aliphatic carbocycles. The van der Waals surface area contributed by atoms with Crippen molar-refractivity contribution in [2.24, 2.45) is 5.73 Å². The van der Waals surface area contributed by atoms with Gasteiger partial charge in [0.1, 0.15) is 6.04 Å². The Morgan fingerprint density at radius 1 is 1.21 bits per heavy atom. The molecular weight excluding hydrogens is 314 g/mol. The molecule has 0 saturated heterocycles. The van der Waals surface area contributed by atoms with Crippen molar-refractivity contribution in [1.29, 1.82) is 0 Å². The molecule has 1 aromatic carbocycles. The number of carbonyl (C=O) groups excluding carboxylic acids is 1. The van der Waals surface area contributed by atoms with Crippen LogP contribution in [0.3, 0.4) is 0 Å². The number of aliphatic carboxylic acids is 2. The summed E-state index contributed by atoms with van der Waals surface area (Å²) in [5, 5.41) is 24.5. The van der Waals surface area contributed by atoms with Crippen molar-refractivity contribution in [3.63, 3.8) is 0 Å². The second-order valence-electron chi connectivity index (χ2n) is 5.44. The first-order valence-electron chi connectivity index (χ1n) is 7.38. The number of rotatable bonds is 8. The average Bonchev–Trinajstić information content (AvgIpc) is 2.94. The van der Waals surface area contributed by atoms with Gasteiger partial charge in [0.25, 0.3) is 0 Å². The van der Waals surface area contributed by atoms with Gasteiger partial charge in [-0.1, -0.05) is 18.2 Å². The molecule has 8 heteroatoms. The van der Waals surface area contributed by atoms with E-state index in [1.165, 1.54) is 0 Å². The van der Waals surface area contributed by atoms with E-state index in [1.54, 1.807) is 6.20 Å². The summed E-state index contributed by atoms with van der Waals surface area (Å²) in [4.78, 5) is 33.9. The Bertz CT molecular complexity index is 686. The molecule has 0 aromatic heterocycles. The highest BCUT2D eigenvalue weighted by Gasteiger charge is 2.27. The van der Waals surface area contributed by atoms with Crippen LogP contribution in [0.1, 0.15) is 24.8 Å². The molecule has 0 bridgehead atoms. The molecule has 1 amide bonds. The number of carboxylic acid groups (broad SMARTS) is 2. The highest BCUT2D eigenvalue weighted by molar-refractivity contribution is 5.89. The van der Waals surface area contributed by atoms with Crippen LogP contribution in [-0.4, -0.2) is 40.1 Å². The molecule has 1 aliphatic rings. The summed E-state index contributed by atoms with van der Waals surface area (Å²) in [6.07, 6.45) is 1.32. The number of nitrogens with two attached hydrogens (primary N) is 1. The molecule has 2 rings (SSSR count). The highest BCUT2D eigenvalue weighted by Crippen LogP contribution is 2.32. The molecule has 1 aromatic rings. The Hall–Kier alpha value is -2.87. The van der Waals surface area contributed by atoms with E-state index in [0.29, 0.717) is 5.57 Å². The van der Waals surface area contributed by atoms with E-state index in [2.05, 4.69) is 10.6 Å². The minimum atomic E-state index is -1.20. The number of nitrogens with zero attached hydrogens (tertiary/aromatic N) is 1. The van der Waals surface area contributed by atoms with Gasteiger partial charge in [0.05, 0.1) is 11.7 Å². The quantitative estimate of drug-likeness (QED) is 0.543. The zero-order valence-electron chi connectivity index (χ0n) is 12.8. The average molecular weight is 332 g/mol. The first-order valence-corrected chi connectivity index (χ1v) is 7.38. The van der Waals surface area contributed by atoms with Crippen LogP contribution in [-0.2, 0) is 14.4 Å². The lowest BCUT2D eigenvalue weighted by molar-refractivity contribution is -0.142. The third-order valence-electron chi connectivity index (χ3n) is 3.65. The molecule has 1 heterocycles. The van der Waals surface area contributed by atoms with Gasteiger partial charge in [-0.05, 0) is 18.1 Å². The number of hydrogen-bond acceptors (Lipinski definition) is 4. The van der Waals surface area contributed by atoms with E-state index in [0.717, 1.165) is 11.3 Å². The smallest absolute Gasteiger partial charge is 0.326 e. The maximum Gasteiger partial charge on any atom is 0.326 e. The van der Waals surface area contributed by atoms with Crippen molar-refractivity contribution in [2.45, 2.75) is 31.3 Å². The van der Waals surface area contributed by atoms with E-state index < -0.39 is 29.9 Å². The third-order valence-corrected chi connectivity index (χ3v) is 3.65. The molecule has 24 heavy (non-hydrogen) atoms. The van der Waals surface area contributed by atoms with Crippen molar-refractivity contribution in [1.82, 2.24) is 10.6 Å². The summed E-state index contributed by atoms with van der Waals surface area (Å²) < 4.78 is 0. The second-order valence-corrected chi connectivity index (χ2v) is 5.44. The van der Waals surface area contributed by atoms with Gasteiger partial charge >= 0.3 is 11.9 Å².